The molecule has 0 amide bonds. The van der Waals surface area contributed by atoms with Gasteiger partial charge in [0.1, 0.15) is 0 Å². The summed E-state index contributed by atoms with van der Waals surface area (Å²) in [5.41, 5.74) is 3.11. The molecule has 0 aromatic heterocycles. The van der Waals surface area contributed by atoms with Gasteiger partial charge < -0.3 is 0 Å². The summed E-state index contributed by atoms with van der Waals surface area (Å²) < 4.78 is 0. The molecule has 1 atom stereocenters. The van der Waals surface area contributed by atoms with Crippen LogP contribution < -0.4 is 0 Å². The van der Waals surface area contributed by atoms with Gasteiger partial charge in [-0.25, -0.2) is 0 Å². The van der Waals surface area contributed by atoms with Gasteiger partial charge in [-0.15, -0.1) is 0 Å². The van der Waals surface area contributed by atoms with Crippen molar-refractivity contribution in [3.63, 3.8) is 0 Å². The topological polar surface area (TPSA) is 0 Å². The second-order valence-electron chi connectivity index (χ2n) is 4.24. The molecule has 0 nitrogen and oxygen atoms in total. The van der Waals surface area contributed by atoms with Crippen LogP contribution >= 0.6 is 0 Å². The van der Waals surface area contributed by atoms with Gasteiger partial charge in [0.15, 0.2) is 0 Å². The van der Waals surface area contributed by atoms with Crippen molar-refractivity contribution in [1.29, 1.82) is 0 Å². The highest BCUT2D eigenvalue weighted by Gasteiger charge is 2.17. The number of hydrogen-bond acceptors (Lipinski definition) is 0. The van der Waals surface area contributed by atoms with Crippen molar-refractivity contribution in [2.45, 2.75) is 64.6 Å². The fourth-order valence-corrected chi connectivity index (χ4v) is 1.73. The average molecular weight is 176 g/mol. The van der Waals surface area contributed by atoms with E-state index < -0.39 is 0 Å². The van der Waals surface area contributed by atoms with Crippen LogP contribution in [0.15, 0.2) is 11.1 Å². The Balaban J connectivity index is 2.10. The van der Waals surface area contributed by atoms with Crippen molar-refractivity contribution >= 4 is 7.85 Å². The molecule has 0 spiro atoms. The smallest absolute Gasteiger partial charge is 0.0758 e. The molecule has 1 rings (SSSR count). The summed E-state index contributed by atoms with van der Waals surface area (Å²) in [6.45, 7) is 4.46. The van der Waals surface area contributed by atoms with Crippen molar-refractivity contribution in [3.8, 4) is 0 Å². The minimum atomic E-state index is 0.356. The minimum Gasteiger partial charge on any atom is -0.0796 e. The Bertz CT molecular complexity index is 176. The van der Waals surface area contributed by atoms with Crippen LogP contribution in [-0.2, 0) is 0 Å². The fourth-order valence-electron chi connectivity index (χ4n) is 1.73. The Morgan fingerprint density at radius 2 is 2.00 bits per heavy atom. The first-order valence-corrected chi connectivity index (χ1v) is 5.69. The standard InChI is InChI=1S/C12H21B/c1-3-4-5-6-7-12(13)10(2)11-8-9-11/h12H,3-9H2,1-2H3. The Morgan fingerprint density at radius 3 is 2.54 bits per heavy atom. The van der Waals surface area contributed by atoms with E-state index in [1.807, 2.05) is 0 Å². The summed E-state index contributed by atoms with van der Waals surface area (Å²) in [7, 11) is 6.08. The van der Waals surface area contributed by atoms with Crippen LogP contribution in [-0.4, -0.2) is 7.85 Å². The molecule has 1 unspecified atom stereocenters. The highest BCUT2D eigenvalue weighted by Crippen LogP contribution is 2.37. The van der Waals surface area contributed by atoms with E-state index in [4.69, 9.17) is 7.85 Å². The first-order chi connectivity index (χ1) is 6.25. The molecule has 0 aromatic rings. The molecular formula is C12H21B. The molecule has 13 heavy (non-hydrogen) atoms. The predicted molar refractivity (Wildman–Crippen MR) is 60.2 cm³/mol. The van der Waals surface area contributed by atoms with Crippen molar-refractivity contribution in [2.24, 2.45) is 0 Å². The predicted octanol–water partition coefficient (Wildman–Crippen LogP) is 4.02. The van der Waals surface area contributed by atoms with Gasteiger partial charge in [0.25, 0.3) is 0 Å². The maximum absolute atomic E-state index is 6.08. The first-order valence-electron chi connectivity index (χ1n) is 5.69. The van der Waals surface area contributed by atoms with E-state index in [1.54, 1.807) is 5.57 Å². The fraction of sp³-hybridized carbons (Fsp3) is 0.833. The number of unbranched alkanes of at least 4 members (excludes halogenated alkanes) is 3. The molecule has 1 heteroatoms. The lowest BCUT2D eigenvalue weighted by molar-refractivity contribution is 0.630. The van der Waals surface area contributed by atoms with Crippen LogP contribution in [0.25, 0.3) is 0 Å². The van der Waals surface area contributed by atoms with Crippen molar-refractivity contribution < 1.29 is 0 Å². The van der Waals surface area contributed by atoms with Crippen LogP contribution in [0.3, 0.4) is 0 Å². The zero-order chi connectivity index (χ0) is 9.68. The highest BCUT2D eigenvalue weighted by atomic mass is 14.2. The van der Waals surface area contributed by atoms with Crippen molar-refractivity contribution in [1.82, 2.24) is 0 Å². The van der Waals surface area contributed by atoms with Gasteiger partial charge in [0.2, 0.25) is 0 Å². The molecule has 2 radical (unpaired) electrons. The SMILES string of the molecule is [B]C(CCCCCC)C(C)=C1CC1. The molecule has 72 valence electrons. The van der Waals surface area contributed by atoms with Gasteiger partial charge in [-0.2, -0.15) is 0 Å². The van der Waals surface area contributed by atoms with Gasteiger partial charge in [-0.05, 0) is 19.8 Å². The second kappa shape index (κ2) is 5.52. The van der Waals surface area contributed by atoms with E-state index >= 15 is 0 Å². The summed E-state index contributed by atoms with van der Waals surface area (Å²) in [6.07, 6.45) is 9.16. The molecule has 0 aliphatic heterocycles. The Morgan fingerprint density at radius 1 is 1.31 bits per heavy atom. The molecule has 0 N–H and O–H groups in total. The summed E-state index contributed by atoms with van der Waals surface area (Å²) in [5, 5.41) is 0. The van der Waals surface area contributed by atoms with Crippen molar-refractivity contribution in [3.05, 3.63) is 11.1 Å². The second-order valence-corrected chi connectivity index (χ2v) is 4.24. The number of hydrogen-bond donors (Lipinski definition) is 0. The van der Waals surface area contributed by atoms with Gasteiger partial charge in [-0.3, -0.25) is 0 Å². The van der Waals surface area contributed by atoms with Gasteiger partial charge in [-0.1, -0.05) is 56.0 Å². The number of rotatable bonds is 6. The number of allylic oxidation sites excluding steroid dienone is 2. The lowest BCUT2D eigenvalue weighted by Crippen LogP contribution is -1.94. The zero-order valence-electron chi connectivity index (χ0n) is 9.10. The lowest BCUT2D eigenvalue weighted by Gasteiger charge is -2.11. The van der Waals surface area contributed by atoms with Gasteiger partial charge >= 0.3 is 0 Å². The monoisotopic (exact) mass is 176 g/mol. The van der Waals surface area contributed by atoms with Crippen LogP contribution in [0.5, 0.6) is 0 Å². The zero-order valence-corrected chi connectivity index (χ0v) is 9.10. The molecule has 1 saturated carbocycles. The van der Waals surface area contributed by atoms with Gasteiger partial charge in [0.05, 0.1) is 7.85 Å². The molecule has 0 bridgehead atoms. The minimum absolute atomic E-state index is 0.356. The van der Waals surface area contributed by atoms with E-state index in [2.05, 4.69) is 13.8 Å². The maximum Gasteiger partial charge on any atom is 0.0758 e. The summed E-state index contributed by atoms with van der Waals surface area (Å²) in [5.74, 6) is 0.356. The average Bonchev–Trinajstić information content (AvgIpc) is 2.94. The molecule has 0 heterocycles. The Labute approximate surface area is 84.2 Å². The summed E-state index contributed by atoms with van der Waals surface area (Å²) >= 11 is 0. The quantitative estimate of drug-likeness (QED) is 0.325. The molecule has 0 saturated heterocycles. The molecule has 1 aliphatic carbocycles. The molecule has 0 aromatic carbocycles. The van der Waals surface area contributed by atoms with Crippen LogP contribution in [0.4, 0.5) is 0 Å². The Hall–Kier alpha value is -0.195. The maximum atomic E-state index is 6.08. The van der Waals surface area contributed by atoms with E-state index in [0.29, 0.717) is 5.82 Å². The summed E-state index contributed by atoms with van der Waals surface area (Å²) in [6, 6.07) is 0. The van der Waals surface area contributed by atoms with Crippen LogP contribution in [0.2, 0.25) is 5.82 Å². The third-order valence-electron chi connectivity index (χ3n) is 2.98. The highest BCUT2D eigenvalue weighted by molar-refractivity contribution is 6.13. The summed E-state index contributed by atoms with van der Waals surface area (Å²) in [4.78, 5) is 0. The van der Waals surface area contributed by atoms with Crippen LogP contribution in [0.1, 0.15) is 58.8 Å². The van der Waals surface area contributed by atoms with E-state index in [9.17, 15) is 0 Å². The van der Waals surface area contributed by atoms with Crippen molar-refractivity contribution in [2.75, 3.05) is 0 Å². The van der Waals surface area contributed by atoms with E-state index in [1.165, 1.54) is 50.5 Å². The van der Waals surface area contributed by atoms with E-state index in [-0.39, 0.29) is 0 Å². The lowest BCUT2D eigenvalue weighted by atomic mass is 9.77. The Kier molecular flexibility index (Phi) is 4.62. The van der Waals surface area contributed by atoms with Crippen LogP contribution in [0, 0.1) is 0 Å². The normalized spacial score (nSPS) is 17.2. The first kappa shape index (κ1) is 10.9. The van der Waals surface area contributed by atoms with E-state index in [0.717, 1.165) is 0 Å². The molecular weight excluding hydrogens is 155 g/mol. The largest absolute Gasteiger partial charge is 0.0796 e. The molecule has 1 aliphatic rings. The third kappa shape index (κ3) is 4.02. The van der Waals surface area contributed by atoms with Gasteiger partial charge in [0, 0.05) is 0 Å². The molecule has 1 fully saturated rings. The third-order valence-corrected chi connectivity index (χ3v) is 2.98.